The van der Waals surface area contributed by atoms with E-state index in [1.54, 1.807) is 24.4 Å². The molecule has 0 unspecified atom stereocenters. The fourth-order valence-corrected chi connectivity index (χ4v) is 0.931. The summed E-state index contributed by atoms with van der Waals surface area (Å²) < 4.78 is 0. The molecule has 14 heavy (non-hydrogen) atoms. The smallest absolute Gasteiger partial charge is 0.229 e. The molecule has 0 fully saturated rings. The second kappa shape index (κ2) is 4.87. The molecule has 3 nitrogen and oxygen atoms in total. The molecule has 1 aromatic rings. The SMILES string of the molecule is C=CN=C(C=C)C(=O)c1ccccn1. The van der Waals surface area contributed by atoms with Crippen molar-refractivity contribution in [2.24, 2.45) is 4.99 Å². The standard InChI is InChI=1S/C11H10N2O/c1-3-9(12-4-2)11(14)10-7-5-6-8-13-10/h3-8H,1-2H2. The molecule has 0 saturated heterocycles. The number of carbonyl (C=O) groups excluding carboxylic acids is 1. The Bertz CT molecular complexity index is 380. The number of hydrogen-bond acceptors (Lipinski definition) is 3. The van der Waals surface area contributed by atoms with E-state index in [9.17, 15) is 4.79 Å². The minimum Gasteiger partial charge on any atom is -0.285 e. The summed E-state index contributed by atoms with van der Waals surface area (Å²) in [6, 6.07) is 5.12. The summed E-state index contributed by atoms with van der Waals surface area (Å²) in [5, 5.41) is 0. The lowest BCUT2D eigenvalue weighted by Gasteiger charge is -1.97. The summed E-state index contributed by atoms with van der Waals surface area (Å²) in [6.07, 6.45) is 4.25. The number of ketones is 1. The molecule has 1 aromatic heterocycles. The van der Waals surface area contributed by atoms with Gasteiger partial charge in [0.25, 0.3) is 0 Å². The van der Waals surface area contributed by atoms with Crippen LogP contribution in [0.25, 0.3) is 0 Å². The number of pyridine rings is 1. The minimum absolute atomic E-state index is 0.249. The molecule has 1 heterocycles. The van der Waals surface area contributed by atoms with E-state index in [0.29, 0.717) is 5.69 Å². The van der Waals surface area contributed by atoms with Gasteiger partial charge in [-0.05, 0) is 18.2 Å². The number of hydrogen-bond donors (Lipinski definition) is 0. The molecule has 0 aliphatic rings. The van der Waals surface area contributed by atoms with Crippen LogP contribution < -0.4 is 0 Å². The van der Waals surface area contributed by atoms with Crippen molar-refractivity contribution >= 4 is 11.5 Å². The first-order chi connectivity index (χ1) is 6.79. The monoisotopic (exact) mass is 186 g/mol. The van der Waals surface area contributed by atoms with Gasteiger partial charge in [0.05, 0.1) is 0 Å². The van der Waals surface area contributed by atoms with Gasteiger partial charge in [0, 0.05) is 12.4 Å². The number of aliphatic imine (C=N–C) groups is 1. The first kappa shape index (κ1) is 10.1. The first-order valence-corrected chi connectivity index (χ1v) is 4.06. The van der Waals surface area contributed by atoms with Crippen molar-refractivity contribution in [1.29, 1.82) is 0 Å². The molecule has 0 aliphatic carbocycles. The molecule has 0 amide bonds. The molecule has 0 N–H and O–H groups in total. The molecular weight excluding hydrogens is 176 g/mol. The number of nitrogens with zero attached hydrogens (tertiary/aromatic N) is 2. The quantitative estimate of drug-likeness (QED) is 0.533. The molecular formula is C11H10N2O. The highest BCUT2D eigenvalue weighted by Crippen LogP contribution is 1.98. The van der Waals surface area contributed by atoms with Crippen molar-refractivity contribution < 1.29 is 4.79 Å². The van der Waals surface area contributed by atoms with Crippen LogP contribution >= 0.6 is 0 Å². The van der Waals surface area contributed by atoms with Gasteiger partial charge in [-0.2, -0.15) is 0 Å². The maximum absolute atomic E-state index is 11.7. The van der Waals surface area contributed by atoms with Crippen molar-refractivity contribution in [1.82, 2.24) is 4.98 Å². The Morgan fingerprint density at radius 2 is 2.21 bits per heavy atom. The fourth-order valence-electron chi connectivity index (χ4n) is 0.931. The lowest BCUT2D eigenvalue weighted by atomic mass is 10.1. The zero-order valence-electron chi connectivity index (χ0n) is 7.68. The average molecular weight is 186 g/mol. The van der Waals surface area contributed by atoms with Crippen LogP contribution in [0.3, 0.4) is 0 Å². The number of carbonyl (C=O) groups is 1. The van der Waals surface area contributed by atoms with Gasteiger partial charge < -0.3 is 0 Å². The van der Waals surface area contributed by atoms with Crippen LogP contribution in [0.1, 0.15) is 10.5 Å². The zero-order chi connectivity index (χ0) is 10.4. The molecule has 1 rings (SSSR count). The Morgan fingerprint density at radius 3 is 2.71 bits per heavy atom. The predicted octanol–water partition coefficient (Wildman–Crippen LogP) is 2.03. The van der Waals surface area contributed by atoms with Gasteiger partial charge in [-0.15, -0.1) is 0 Å². The Labute approximate surface area is 82.5 Å². The lowest BCUT2D eigenvalue weighted by molar-refractivity contribution is 0.106. The number of allylic oxidation sites excluding steroid dienone is 1. The van der Waals surface area contributed by atoms with Crippen molar-refractivity contribution in [3.63, 3.8) is 0 Å². The Hall–Kier alpha value is -2.03. The van der Waals surface area contributed by atoms with Crippen LogP contribution in [0.2, 0.25) is 0 Å². The van der Waals surface area contributed by atoms with Gasteiger partial charge in [-0.3, -0.25) is 14.8 Å². The lowest BCUT2D eigenvalue weighted by Crippen LogP contribution is -2.12. The molecule has 0 bridgehead atoms. The van der Waals surface area contributed by atoms with Gasteiger partial charge in [0.2, 0.25) is 5.78 Å². The van der Waals surface area contributed by atoms with E-state index in [4.69, 9.17) is 0 Å². The summed E-state index contributed by atoms with van der Waals surface area (Å²) >= 11 is 0. The molecule has 0 atom stereocenters. The van der Waals surface area contributed by atoms with Crippen LogP contribution in [0, 0.1) is 0 Å². The summed E-state index contributed by atoms with van der Waals surface area (Å²) in [4.78, 5) is 19.4. The molecule has 0 aliphatic heterocycles. The van der Waals surface area contributed by atoms with E-state index in [2.05, 4.69) is 23.1 Å². The van der Waals surface area contributed by atoms with Crippen LogP contribution in [0.15, 0.2) is 54.8 Å². The van der Waals surface area contributed by atoms with Gasteiger partial charge in [-0.1, -0.05) is 19.2 Å². The zero-order valence-corrected chi connectivity index (χ0v) is 7.68. The van der Waals surface area contributed by atoms with Crippen molar-refractivity contribution in [3.8, 4) is 0 Å². The van der Waals surface area contributed by atoms with Crippen molar-refractivity contribution in [2.45, 2.75) is 0 Å². The third kappa shape index (κ3) is 2.23. The van der Waals surface area contributed by atoms with Gasteiger partial charge >= 0.3 is 0 Å². The van der Waals surface area contributed by atoms with E-state index < -0.39 is 0 Å². The van der Waals surface area contributed by atoms with E-state index in [-0.39, 0.29) is 11.5 Å². The predicted molar refractivity (Wildman–Crippen MR) is 56.4 cm³/mol. The number of aromatic nitrogens is 1. The topological polar surface area (TPSA) is 42.3 Å². The van der Waals surface area contributed by atoms with E-state index in [1.165, 1.54) is 12.3 Å². The van der Waals surface area contributed by atoms with Gasteiger partial charge in [0.15, 0.2) is 0 Å². The second-order valence-electron chi connectivity index (χ2n) is 2.45. The fraction of sp³-hybridized carbons (Fsp3) is 0. The van der Waals surface area contributed by atoms with Crippen LogP contribution in [-0.4, -0.2) is 16.5 Å². The molecule has 3 heteroatoms. The Morgan fingerprint density at radius 1 is 1.43 bits per heavy atom. The summed E-state index contributed by atoms with van der Waals surface area (Å²) in [5.74, 6) is -0.250. The van der Waals surface area contributed by atoms with Crippen LogP contribution in [0.4, 0.5) is 0 Å². The summed E-state index contributed by atoms with van der Waals surface area (Å²) in [5.41, 5.74) is 0.603. The normalized spacial score (nSPS) is 10.7. The van der Waals surface area contributed by atoms with Crippen molar-refractivity contribution in [3.05, 3.63) is 55.5 Å². The van der Waals surface area contributed by atoms with Gasteiger partial charge in [0.1, 0.15) is 11.4 Å². The molecule has 0 radical (unpaired) electrons. The van der Waals surface area contributed by atoms with E-state index in [0.717, 1.165) is 0 Å². The van der Waals surface area contributed by atoms with Crippen molar-refractivity contribution in [2.75, 3.05) is 0 Å². The average Bonchev–Trinajstić information content (AvgIpc) is 2.26. The first-order valence-electron chi connectivity index (χ1n) is 4.06. The largest absolute Gasteiger partial charge is 0.285 e. The number of Topliss-reactive ketones (excluding diaryl/α,β-unsaturated/α-hetero) is 1. The highest BCUT2D eigenvalue weighted by atomic mass is 16.1. The summed E-state index contributed by atoms with van der Waals surface area (Å²) in [6.45, 7) is 6.92. The molecule has 0 saturated carbocycles. The van der Waals surface area contributed by atoms with Gasteiger partial charge in [-0.25, -0.2) is 0 Å². The minimum atomic E-state index is -0.250. The molecule has 0 aromatic carbocycles. The van der Waals surface area contributed by atoms with Crippen LogP contribution in [0.5, 0.6) is 0 Å². The van der Waals surface area contributed by atoms with E-state index >= 15 is 0 Å². The maximum Gasteiger partial charge on any atom is 0.229 e. The molecule has 0 spiro atoms. The highest BCUT2D eigenvalue weighted by molar-refractivity contribution is 6.49. The maximum atomic E-state index is 11.7. The Kier molecular flexibility index (Phi) is 3.49. The Balaban J connectivity index is 3.01. The highest BCUT2D eigenvalue weighted by Gasteiger charge is 2.10. The number of rotatable bonds is 4. The summed E-state index contributed by atoms with van der Waals surface area (Å²) in [7, 11) is 0. The molecule has 70 valence electrons. The third-order valence-corrected chi connectivity index (χ3v) is 1.55. The second-order valence-corrected chi connectivity index (χ2v) is 2.45. The van der Waals surface area contributed by atoms with E-state index in [1.807, 2.05) is 0 Å². The van der Waals surface area contributed by atoms with Crippen LogP contribution in [-0.2, 0) is 0 Å². The third-order valence-electron chi connectivity index (χ3n) is 1.55.